The summed E-state index contributed by atoms with van der Waals surface area (Å²) in [5, 5.41) is 3.64. The average Bonchev–Trinajstić information content (AvgIpc) is 2.59. The van der Waals surface area contributed by atoms with E-state index < -0.39 is 6.10 Å². The number of rotatable bonds is 7. The minimum Gasteiger partial charge on any atom is -0.479 e. The minimum absolute atomic E-state index is 0.0306. The van der Waals surface area contributed by atoms with E-state index in [0.29, 0.717) is 17.2 Å². The Morgan fingerprint density at radius 2 is 1.84 bits per heavy atom. The number of carbonyl (C=O) groups is 1. The van der Waals surface area contributed by atoms with Crippen LogP contribution in [0.25, 0.3) is 0 Å². The largest absolute Gasteiger partial charge is 0.479 e. The van der Waals surface area contributed by atoms with Gasteiger partial charge in [-0.3, -0.25) is 4.79 Å². The first-order chi connectivity index (χ1) is 12.0. The number of ether oxygens (including phenoxy) is 1. The maximum absolute atomic E-state index is 12.7. The number of carbonyl (C=O) groups excluding carboxylic acids is 1. The van der Waals surface area contributed by atoms with Crippen LogP contribution in [-0.4, -0.2) is 12.0 Å². The van der Waals surface area contributed by atoms with E-state index in [2.05, 4.69) is 44.3 Å². The summed E-state index contributed by atoms with van der Waals surface area (Å²) in [6, 6.07) is 13.5. The molecule has 0 aliphatic heterocycles. The highest BCUT2D eigenvalue weighted by molar-refractivity contribution is 6.32. The highest BCUT2D eigenvalue weighted by Crippen LogP contribution is 2.26. The topological polar surface area (TPSA) is 38.3 Å². The fourth-order valence-corrected chi connectivity index (χ4v) is 3.08. The summed E-state index contributed by atoms with van der Waals surface area (Å²) in [5.41, 5.74) is 3.55. The van der Waals surface area contributed by atoms with E-state index in [-0.39, 0.29) is 11.9 Å². The second kappa shape index (κ2) is 8.91. The quantitative estimate of drug-likeness (QED) is 0.720. The standard InChI is InChI=1S/C21H26ClNO2/c1-5-18(16-12-11-14(3)13-15(16)4)23-21(24)19(6-2)25-20-10-8-7-9-17(20)22/h7-13,18-19H,5-6H2,1-4H3,(H,23,24)/t18-,19+/m0/s1. The van der Waals surface area contributed by atoms with Crippen LogP contribution in [0, 0.1) is 13.8 Å². The minimum atomic E-state index is -0.570. The third kappa shape index (κ3) is 4.99. The molecule has 1 N–H and O–H groups in total. The maximum Gasteiger partial charge on any atom is 0.261 e. The SMILES string of the molecule is CC[C@H](NC(=O)[C@@H](CC)Oc1ccccc1Cl)c1ccc(C)cc1C. The molecule has 2 aromatic carbocycles. The van der Waals surface area contributed by atoms with Crippen molar-refractivity contribution in [3.8, 4) is 5.75 Å². The molecule has 1 amide bonds. The van der Waals surface area contributed by atoms with Gasteiger partial charge in [-0.25, -0.2) is 0 Å². The van der Waals surface area contributed by atoms with Gasteiger partial charge >= 0.3 is 0 Å². The lowest BCUT2D eigenvalue weighted by Gasteiger charge is -2.24. The molecule has 0 aromatic heterocycles. The van der Waals surface area contributed by atoms with E-state index in [4.69, 9.17) is 16.3 Å². The Balaban J connectivity index is 2.12. The van der Waals surface area contributed by atoms with Crippen LogP contribution in [-0.2, 0) is 4.79 Å². The Morgan fingerprint density at radius 1 is 1.12 bits per heavy atom. The smallest absolute Gasteiger partial charge is 0.261 e. The Morgan fingerprint density at radius 3 is 2.44 bits per heavy atom. The molecule has 2 rings (SSSR count). The number of hydrogen-bond acceptors (Lipinski definition) is 2. The molecule has 0 saturated carbocycles. The summed E-state index contributed by atoms with van der Waals surface area (Å²) >= 11 is 6.14. The van der Waals surface area contributed by atoms with Crippen LogP contribution in [0.3, 0.4) is 0 Å². The van der Waals surface area contributed by atoms with Gasteiger partial charge in [-0.1, -0.05) is 61.3 Å². The van der Waals surface area contributed by atoms with Crippen LogP contribution in [0.2, 0.25) is 5.02 Å². The molecule has 25 heavy (non-hydrogen) atoms. The van der Waals surface area contributed by atoms with Gasteiger partial charge in [0.05, 0.1) is 11.1 Å². The van der Waals surface area contributed by atoms with Crippen LogP contribution >= 0.6 is 11.6 Å². The van der Waals surface area contributed by atoms with Gasteiger partial charge in [0.1, 0.15) is 5.75 Å². The van der Waals surface area contributed by atoms with Crippen LogP contribution in [0.5, 0.6) is 5.75 Å². The molecule has 0 fully saturated rings. The first-order valence-electron chi connectivity index (χ1n) is 8.75. The van der Waals surface area contributed by atoms with Gasteiger partial charge in [-0.15, -0.1) is 0 Å². The molecular formula is C21H26ClNO2. The molecule has 0 saturated heterocycles. The van der Waals surface area contributed by atoms with E-state index in [1.54, 1.807) is 12.1 Å². The maximum atomic E-state index is 12.7. The molecule has 2 aromatic rings. The van der Waals surface area contributed by atoms with Gasteiger partial charge in [0.25, 0.3) is 5.91 Å². The second-order valence-electron chi connectivity index (χ2n) is 6.27. The molecule has 134 valence electrons. The zero-order valence-corrected chi connectivity index (χ0v) is 16.1. The molecule has 0 unspecified atom stereocenters. The van der Waals surface area contributed by atoms with E-state index in [1.165, 1.54) is 11.1 Å². The van der Waals surface area contributed by atoms with Gasteiger partial charge in [0.15, 0.2) is 6.10 Å². The van der Waals surface area contributed by atoms with Crippen LogP contribution < -0.4 is 10.1 Å². The number of para-hydroxylation sites is 1. The van der Waals surface area contributed by atoms with Crippen molar-refractivity contribution < 1.29 is 9.53 Å². The molecule has 0 radical (unpaired) electrons. The van der Waals surface area contributed by atoms with Crippen molar-refractivity contribution in [3.05, 3.63) is 64.2 Å². The summed E-state index contributed by atoms with van der Waals surface area (Å²) in [6.07, 6.45) is 0.818. The second-order valence-corrected chi connectivity index (χ2v) is 6.68. The van der Waals surface area contributed by atoms with Crippen LogP contribution in [0.1, 0.15) is 49.4 Å². The Kier molecular flexibility index (Phi) is 6.89. The fraction of sp³-hybridized carbons (Fsp3) is 0.381. The lowest BCUT2D eigenvalue weighted by Crippen LogP contribution is -2.40. The fourth-order valence-electron chi connectivity index (χ4n) is 2.90. The van der Waals surface area contributed by atoms with Gasteiger partial charge in [0, 0.05) is 0 Å². The van der Waals surface area contributed by atoms with Crippen molar-refractivity contribution in [2.45, 2.75) is 52.7 Å². The molecule has 2 atom stereocenters. The normalized spacial score (nSPS) is 13.2. The zero-order valence-electron chi connectivity index (χ0n) is 15.3. The number of hydrogen-bond donors (Lipinski definition) is 1. The zero-order chi connectivity index (χ0) is 18.4. The Labute approximate surface area is 155 Å². The Hall–Kier alpha value is -2.00. The number of aryl methyl sites for hydroxylation is 2. The molecule has 0 aliphatic rings. The highest BCUT2D eigenvalue weighted by Gasteiger charge is 2.23. The van der Waals surface area contributed by atoms with E-state index in [1.807, 2.05) is 19.1 Å². The summed E-state index contributed by atoms with van der Waals surface area (Å²) in [6.45, 7) is 8.15. The molecule has 0 bridgehead atoms. The predicted molar refractivity (Wildman–Crippen MR) is 103 cm³/mol. The van der Waals surface area contributed by atoms with Gasteiger partial charge < -0.3 is 10.1 Å². The van der Waals surface area contributed by atoms with E-state index in [9.17, 15) is 4.79 Å². The van der Waals surface area contributed by atoms with Crippen molar-refractivity contribution >= 4 is 17.5 Å². The predicted octanol–water partition coefficient (Wildman–Crippen LogP) is 5.38. The van der Waals surface area contributed by atoms with Crippen molar-refractivity contribution in [2.24, 2.45) is 0 Å². The number of amides is 1. The van der Waals surface area contributed by atoms with E-state index in [0.717, 1.165) is 12.0 Å². The Bertz CT molecular complexity index is 730. The summed E-state index contributed by atoms with van der Waals surface area (Å²) in [7, 11) is 0. The number of halogens is 1. The first kappa shape index (κ1) is 19.3. The van der Waals surface area contributed by atoms with E-state index >= 15 is 0 Å². The lowest BCUT2D eigenvalue weighted by atomic mass is 9.97. The van der Waals surface area contributed by atoms with Crippen LogP contribution in [0.15, 0.2) is 42.5 Å². The highest BCUT2D eigenvalue weighted by atomic mass is 35.5. The molecule has 3 nitrogen and oxygen atoms in total. The van der Waals surface area contributed by atoms with Crippen molar-refractivity contribution in [3.63, 3.8) is 0 Å². The van der Waals surface area contributed by atoms with Gasteiger partial charge in [-0.2, -0.15) is 0 Å². The third-order valence-corrected chi connectivity index (χ3v) is 4.61. The monoisotopic (exact) mass is 359 g/mol. The summed E-state index contributed by atoms with van der Waals surface area (Å²) in [4.78, 5) is 12.7. The lowest BCUT2D eigenvalue weighted by molar-refractivity contribution is -0.128. The first-order valence-corrected chi connectivity index (χ1v) is 9.12. The molecule has 0 aliphatic carbocycles. The van der Waals surface area contributed by atoms with Gasteiger partial charge in [0.2, 0.25) is 0 Å². The molecular weight excluding hydrogens is 334 g/mol. The molecule has 0 heterocycles. The number of nitrogens with one attached hydrogen (secondary N) is 1. The van der Waals surface area contributed by atoms with Crippen molar-refractivity contribution in [2.75, 3.05) is 0 Å². The van der Waals surface area contributed by atoms with Crippen molar-refractivity contribution in [1.29, 1.82) is 0 Å². The van der Waals surface area contributed by atoms with Gasteiger partial charge in [-0.05, 0) is 49.9 Å². The molecule has 0 spiro atoms. The van der Waals surface area contributed by atoms with Crippen molar-refractivity contribution in [1.82, 2.24) is 5.32 Å². The number of benzene rings is 2. The third-order valence-electron chi connectivity index (χ3n) is 4.29. The van der Waals surface area contributed by atoms with Crippen LogP contribution in [0.4, 0.5) is 0 Å². The summed E-state index contributed by atoms with van der Waals surface area (Å²) in [5.74, 6) is 0.417. The summed E-state index contributed by atoms with van der Waals surface area (Å²) < 4.78 is 5.84. The average molecular weight is 360 g/mol. The molecule has 4 heteroatoms.